The number of alkyl halides is 3. The molecule has 3 N–H and O–H groups in total. The number of hydrogen-bond donors (Lipinski definition) is 3. The summed E-state index contributed by atoms with van der Waals surface area (Å²) in [7, 11) is -1.27. The summed E-state index contributed by atoms with van der Waals surface area (Å²) in [4.78, 5) is 69.3. The maximum Gasteiger partial charge on any atom is 0.471 e. The number of nitrogens with one attached hydrogen (secondary N) is 3. The van der Waals surface area contributed by atoms with Gasteiger partial charge in [-0.3, -0.25) is 24.1 Å². The van der Waals surface area contributed by atoms with Gasteiger partial charge in [-0.2, -0.15) is 13.2 Å². The lowest BCUT2D eigenvalue weighted by Crippen LogP contribution is -2.63. The molecule has 2 aromatic rings. The van der Waals surface area contributed by atoms with Gasteiger partial charge >= 0.3 is 18.2 Å². The van der Waals surface area contributed by atoms with E-state index in [2.05, 4.69) is 5.32 Å². The second-order valence-electron chi connectivity index (χ2n) is 17.6. The highest BCUT2D eigenvalue weighted by molar-refractivity contribution is 7.89. The van der Waals surface area contributed by atoms with Gasteiger partial charge in [0, 0.05) is 31.6 Å². The standard InChI is InChI=1S/C42H60F3N5O8S/c1-26(2)31(23-27(3)34(51)48-59(56,57)25-29-21-19-28(20-22-29)24-46-37(54)42(43,44)45)49(12)36(53)32(39(4,5)6)47-35(52)33(50(13)38(55)58-40(7,8)9)41(10,11)30-17-15-14-16-18-30/h14-23,26,31-33H,24-25H2,1-13H3,(H,46,54)(H,47,52)(H,48,51). The number of nitrogens with zero attached hydrogens (tertiary/aromatic N) is 2. The Bertz CT molecular complexity index is 1950. The zero-order valence-corrected chi connectivity index (χ0v) is 37.0. The van der Waals surface area contributed by atoms with E-state index < -0.39 is 92.8 Å². The van der Waals surface area contributed by atoms with Crippen molar-refractivity contribution in [2.75, 3.05) is 14.1 Å². The van der Waals surface area contributed by atoms with E-state index in [1.54, 1.807) is 46.9 Å². The van der Waals surface area contributed by atoms with E-state index >= 15 is 0 Å². The van der Waals surface area contributed by atoms with Gasteiger partial charge < -0.3 is 20.3 Å². The van der Waals surface area contributed by atoms with E-state index in [0.29, 0.717) is 5.56 Å². The molecule has 2 aromatic carbocycles. The molecule has 0 heterocycles. The molecule has 13 nitrogen and oxygen atoms in total. The topological polar surface area (TPSA) is 171 Å². The molecule has 0 radical (unpaired) electrons. The normalized spacial score (nSPS) is 14.4. The van der Waals surface area contributed by atoms with Crippen molar-refractivity contribution in [2.24, 2.45) is 11.3 Å². The fourth-order valence-corrected chi connectivity index (χ4v) is 7.42. The third-order valence-corrected chi connectivity index (χ3v) is 10.7. The number of amides is 5. The van der Waals surface area contributed by atoms with Crippen LogP contribution in [0.15, 0.2) is 66.2 Å². The van der Waals surface area contributed by atoms with Crippen LogP contribution >= 0.6 is 0 Å². The van der Waals surface area contributed by atoms with Gasteiger partial charge in [-0.15, -0.1) is 0 Å². The first-order valence-electron chi connectivity index (χ1n) is 19.0. The molecule has 328 valence electrons. The molecule has 0 aliphatic rings. The average Bonchev–Trinajstić information content (AvgIpc) is 3.09. The highest BCUT2D eigenvalue weighted by Gasteiger charge is 2.46. The number of rotatable bonds is 15. The Morgan fingerprint density at radius 3 is 1.81 bits per heavy atom. The maximum atomic E-state index is 14.5. The van der Waals surface area contributed by atoms with Crippen LogP contribution in [0, 0.1) is 11.3 Å². The summed E-state index contributed by atoms with van der Waals surface area (Å²) < 4.78 is 71.1. The summed E-state index contributed by atoms with van der Waals surface area (Å²) in [6.07, 6.45) is -4.30. The van der Waals surface area contributed by atoms with Crippen molar-refractivity contribution < 1.29 is 50.3 Å². The van der Waals surface area contributed by atoms with Crippen LogP contribution in [0.2, 0.25) is 0 Å². The molecule has 0 fully saturated rings. The number of likely N-dealkylation sites (N-methyl/N-ethyl adjacent to an activating group) is 2. The van der Waals surface area contributed by atoms with E-state index in [0.717, 1.165) is 5.56 Å². The number of benzene rings is 2. The minimum atomic E-state index is -5.04. The van der Waals surface area contributed by atoms with Gasteiger partial charge in [-0.25, -0.2) is 17.9 Å². The number of sulfonamides is 1. The van der Waals surface area contributed by atoms with Crippen molar-refractivity contribution in [1.82, 2.24) is 25.2 Å². The van der Waals surface area contributed by atoms with Crippen LogP contribution in [0.5, 0.6) is 0 Å². The van der Waals surface area contributed by atoms with Crippen LogP contribution in [0.1, 0.15) is 92.9 Å². The molecule has 0 aliphatic heterocycles. The van der Waals surface area contributed by atoms with Crippen LogP contribution in [-0.4, -0.2) is 91.9 Å². The van der Waals surface area contributed by atoms with Gasteiger partial charge in [0.25, 0.3) is 5.91 Å². The van der Waals surface area contributed by atoms with Crippen molar-refractivity contribution in [3.8, 4) is 0 Å². The minimum Gasteiger partial charge on any atom is -0.444 e. The summed E-state index contributed by atoms with van der Waals surface area (Å²) in [6.45, 7) is 18.7. The summed E-state index contributed by atoms with van der Waals surface area (Å²) in [6, 6.07) is 11.6. The molecule has 0 saturated carbocycles. The lowest BCUT2D eigenvalue weighted by atomic mass is 9.76. The Morgan fingerprint density at radius 1 is 0.814 bits per heavy atom. The van der Waals surface area contributed by atoms with E-state index in [1.807, 2.05) is 62.7 Å². The van der Waals surface area contributed by atoms with Crippen molar-refractivity contribution in [3.05, 3.63) is 82.9 Å². The van der Waals surface area contributed by atoms with Crippen LogP contribution in [0.3, 0.4) is 0 Å². The minimum absolute atomic E-state index is 0.0114. The first-order valence-corrected chi connectivity index (χ1v) is 20.7. The van der Waals surface area contributed by atoms with Crippen LogP contribution in [-0.2, 0) is 51.7 Å². The predicted octanol–water partition coefficient (Wildman–Crippen LogP) is 5.98. The summed E-state index contributed by atoms with van der Waals surface area (Å²) in [5.41, 5.74) is -1.40. The smallest absolute Gasteiger partial charge is 0.444 e. The fourth-order valence-electron chi connectivity index (χ4n) is 6.27. The Labute approximate surface area is 346 Å². The predicted molar refractivity (Wildman–Crippen MR) is 219 cm³/mol. The molecule has 0 aliphatic carbocycles. The van der Waals surface area contributed by atoms with Gasteiger partial charge in [-0.05, 0) is 55.7 Å². The molecule has 0 bridgehead atoms. The summed E-state index contributed by atoms with van der Waals surface area (Å²) >= 11 is 0. The Balaban J connectivity index is 2.35. The highest BCUT2D eigenvalue weighted by atomic mass is 32.2. The molecular weight excluding hydrogens is 792 g/mol. The first-order chi connectivity index (χ1) is 26.8. The van der Waals surface area contributed by atoms with E-state index in [-0.39, 0.29) is 17.1 Å². The Morgan fingerprint density at radius 2 is 1.34 bits per heavy atom. The van der Waals surface area contributed by atoms with E-state index in [9.17, 15) is 45.6 Å². The van der Waals surface area contributed by atoms with Gasteiger partial charge in [0.2, 0.25) is 21.8 Å². The molecule has 0 saturated heterocycles. The van der Waals surface area contributed by atoms with Crippen LogP contribution in [0.25, 0.3) is 0 Å². The lowest BCUT2D eigenvalue weighted by Gasteiger charge is -2.42. The van der Waals surface area contributed by atoms with Gasteiger partial charge in [0.05, 0.1) is 11.8 Å². The van der Waals surface area contributed by atoms with E-state index in [1.165, 1.54) is 61.2 Å². The summed E-state index contributed by atoms with van der Waals surface area (Å²) in [5, 5.41) is 4.66. The Hall–Kier alpha value is -4.93. The zero-order valence-electron chi connectivity index (χ0n) is 36.2. The molecule has 0 spiro atoms. The number of hydrogen-bond acceptors (Lipinski definition) is 8. The average molecular weight is 852 g/mol. The molecule has 3 atom stereocenters. The second kappa shape index (κ2) is 19.4. The van der Waals surface area contributed by atoms with Gasteiger partial charge in [0.1, 0.15) is 17.7 Å². The second-order valence-corrected chi connectivity index (χ2v) is 19.3. The van der Waals surface area contributed by atoms with Crippen molar-refractivity contribution >= 4 is 39.7 Å². The number of ether oxygens (including phenoxy) is 1. The maximum absolute atomic E-state index is 14.5. The van der Waals surface area contributed by atoms with Crippen LogP contribution < -0.4 is 15.4 Å². The van der Waals surface area contributed by atoms with Crippen molar-refractivity contribution in [3.63, 3.8) is 0 Å². The quantitative estimate of drug-likeness (QED) is 0.184. The van der Waals surface area contributed by atoms with Gasteiger partial charge in [-0.1, -0.05) is 109 Å². The summed E-state index contributed by atoms with van der Waals surface area (Å²) in [5.74, 6) is -5.08. The largest absolute Gasteiger partial charge is 0.471 e. The third kappa shape index (κ3) is 14.7. The zero-order chi connectivity index (χ0) is 45.5. The molecular formula is C42H60F3N5O8S. The number of carbonyl (C=O) groups is 5. The SMILES string of the molecule is CC(=CC(C(C)C)N(C)C(=O)C(NC(=O)C(N(C)C(=O)OC(C)(C)C)C(C)(C)c1ccccc1)C(C)(C)C)C(=O)NS(=O)(=O)Cc1ccc(CNC(=O)C(F)(F)F)cc1. The van der Waals surface area contributed by atoms with Gasteiger partial charge in [0.15, 0.2) is 0 Å². The molecule has 17 heteroatoms. The Kier molecular flexibility index (Phi) is 16.5. The molecule has 3 unspecified atom stereocenters. The molecule has 59 heavy (non-hydrogen) atoms. The highest BCUT2D eigenvalue weighted by Crippen LogP contribution is 2.32. The third-order valence-electron chi connectivity index (χ3n) is 9.51. The lowest BCUT2D eigenvalue weighted by molar-refractivity contribution is -0.173. The monoisotopic (exact) mass is 851 g/mol. The van der Waals surface area contributed by atoms with Crippen molar-refractivity contribution in [1.29, 1.82) is 0 Å². The first kappa shape index (κ1) is 50.2. The molecule has 0 aromatic heterocycles. The molecule has 5 amide bonds. The molecule has 2 rings (SSSR count). The van der Waals surface area contributed by atoms with Crippen molar-refractivity contribution in [2.45, 2.75) is 124 Å². The number of halogens is 3. The number of carbonyl (C=O) groups excluding carboxylic acids is 5. The van der Waals surface area contributed by atoms with Crippen LogP contribution in [0.4, 0.5) is 18.0 Å². The van der Waals surface area contributed by atoms with E-state index in [4.69, 9.17) is 4.74 Å². The fraction of sp³-hybridized carbons (Fsp3) is 0.548.